The molecule has 0 bridgehead atoms. The van der Waals surface area contributed by atoms with Crippen molar-refractivity contribution < 1.29 is 4.74 Å². The van der Waals surface area contributed by atoms with Gasteiger partial charge in [-0.3, -0.25) is 0 Å². The van der Waals surface area contributed by atoms with Crippen LogP contribution in [-0.4, -0.2) is 31.3 Å². The molecule has 1 unspecified atom stereocenters. The van der Waals surface area contributed by atoms with Gasteiger partial charge in [-0.1, -0.05) is 18.2 Å². The van der Waals surface area contributed by atoms with Crippen molar-refractivity contribution in [1.29, 1.82) is 5.26 Å². The highest BCUT2D eigenvalue weighted by molar-refractivity contribution is 5.83. The van der Waals surface area contributed by atoms with Crippen LogP contribution < -0.4 is 4.90 Å². The van der Waals surface area contributed by atoms with E-state index in [2.05, 4.69) is 11.1 Å². The molecule has 0 radical (unpaired) electrons. The third kappa shape index (κ3) is 2.98. The molecule has 4 heteroatoms. The lowest BCUT2D eigenvalue weighted by Gasteiger charge is -2.28. The molecule has 4 nitrogen and oxygen atoms in total. The number of likely N-dealkylation sites (N-methyl/N-ethyl adjacent to an activating group) is 1. The summed E-state index contributed by atoms with van der Waals surface area (Å²) in [6, 6.07) is 12.1. The molecular weight excluding hydrogens is 262 g/mol. The van der Waals surface area contributed by atoms with Crippen LogP contribution in [0.5, 0.6) is 0 Å². The number of nitrogens with zero attached hydrogens (tertiary/aromatic N) is 3. The van der Waals surface area contributed by atoms with E-state index in [1.807, 2.05) is 42.3 Å². The first-order valence-corrected chi connectivity index (χ1v) is 7.40. The van der Waals surface area contributed by atoms with Gasteiger partial charge >= 0.3 is 0 Å². The van der Waals surface area contributed by atoms with Crippen LogP contribution in [-0.2, 0) is 4.74 Å². The molecule has 108 valence electrons. The van der Waals surface area contributed by atoms with Gasteiger partial charge in [0, 0.05) is 25.6 Å². The molecule has 1 aromatic heterocycles. The molecule has 1 aliphatic rings. The molecule has 0 amide bonds. The monoisotopic (exact) mass is 281 g/mol. The van der Waals surface area contributed by atoms with Crippen molar-refractivity contribution >= 4 is 16.7 Å². The maximum atomic E-state index is 9.38. The number of pyridine rings is 1. The molecule has 1 fully saturated rings. The quantitative estimate of drug-likeness (QED) is 0.867. The summed E-state index contributed by atoms with van der Waals surface area (Å²) in [6.07, 6.45) is 3.69. The van der Waals surface area contributed by atoms with Crippen molar-refractivity contribution in [3.8, 4) is 6.07 Å². The van der Waals surface area contributed by atoms with Crippen molar-refractivity contribution in [1.82, 2.24) is 4.98 Å². The first kappa shape index (κ1) is 13.8. The third-order valence-corrected chi connectivity index (χ3v) is 3.94. The maximum absolute atomic E-state index is 9.38. The summed E-state index contributed by atoms with van der Waals surface area (Å²) in [7, 11) is 1.98. The number of hydrogen-bond acceptors (Lipinski definition) is 4. The van der Waals surface area contributed by atoms with Crippen LogP contribution in [0.25, 0.3) is 10.9 Å². The number of aromatic nitrogens is 1. The second-order valence-electron chi connectivity index (χ2n) is 5.53. The summed E-state index contributed by atoms with van der Waals surface area (Å²) in [5, 5.41) is 10.4. The Labute approximate surface area is 125 Å². The maximum Gasteiger partial charge on any atom is 0.147 e. The molecule has 1 saturated heterocycles. The number of anilines is 1. The van der Waals surface area contributed by atoms with Gasteiger partial charge in [-0.2, -0.15) is 5.26 Å². The van der Waals surface area contributed by atoms with Crippen LogP contribution in [0.2, 0.25) is 0 Å². The van der Waals surface area contributed by atoms with Crippen molar-refractivity contribution in [2.75, 3.05) is 25.1 Å². The van der Waals surface area contributed by atoms with E-state index in [1.165, 1.54) is 6.42 Å². The van der Waals surface area contributed by atoms with Crippen LogP contribution >= 0.6 is 0 Å². The van der Waals surface area contributed by atoms with Crippen molar-refractivity contribution in [3.63, 3.8) is 0 Å². The summed E-state index contributed by atoms with van der Waals surface area (Å²) in [5.41, 5.74) is 1.54. The van der Waals surface area contributed by atoms with Crippen molar-refractivity contribution in [2.45, 2.75) is 25.4 Å². The number of benzene rings is 1. The summed E-state index contributed by atoms with van der Waals surface area (Å²) in [4.78, 5) is 6.70. The van der Waals surface area contributed by atoms with E-state index in [4.69, 9.17) is 4.74 Å². The fourth-order valence-corrected chi connectivity index (χ4v) is 2.82. The molecule has 0 N–H and O–H groups in total. The number of fused-ring (bicyclic) bond motifs is 1. The lowest BCUT2D eigenvalue weighted by Crippen LogP contribution is -2.34. The van der Waals surface area contributed by atoms with Crippen LogP contribution in [0, 0.1) is 11.3 Å². The van der Waals surface area contributed by atoms with Gasteiger partial charge in [0.15, 0.2) is 0 Å². The van der Waals surface area contributed by atoms with Gasteiger partial charge in [0.1, 0.15) is 11.9 Å². The molecular formula is C17H19N3O. The third-order valence-electron chi connectivity index (χ3n) is 3.94. The van der Waals surface area contributed by atoms with Gasteiger partial charge in [0.05, 0.1) is 17.2 Å². The van der Waals surface area contributed by atoms with Gasteiger partial charge in [0.2, 0.25) is 0 Å². The second-order valence-corrected chi connectivity index (χ2v) is 5.53. The van der Waals surface area contributed by atoms with Gasteiger partial charge in [0.25, 0.3) is 0 Å². The molecule has 1 aliphatic heterocycles. The van der Waals surface area contributed by atoms with Crippen LogP contribution in [0.4, 0.5) is 5.82 Å². The summed E-state index contributed by atoms with van der Waals surface area (Å²) in [6.45, 7) is 1.62. The SMILES string of the molecule is CN(CC1CCCCO1)c1nc2ccccc2cc1C#N. The van der Waals surface area contributed by atoms with Crippen molar-refractivity contribution in [2.24, 2.45) is 0 Å². The van der Waals surface area contributed by atoms with E-state index in [1.54, 1.807) is 0 Å². The lowest BCUT2D eigenvalue weighted by molar-refractivity contribution is 0.0215. The van der Waals surface area contributed by atoms with Crippen LogP contribution in [0.15, 0.2) is 30.3 Å². The first-order chi connectivity index (χ1) is 10.3. The minimum absolute atomic E-state index is 0.239. The smallest absolute Gasteiger partial charge is 0.147 e. The highest BCUT2D eigenvalue weighted by Crippen LogP contribution is 2.23. The Morgan fingerprint density at radius 2 is 2.24 bits per heavy atom. The largest absolute Gasteiger partial charge is 0.376 e. The molecule has 2 aromatic rings. The van der Waals surface area contributed by atoms with Gasteiger partial charge in [-0.15, -0.1) is 0 Å². The standard InChI is InChI=1S/C17H19N3O/c1-20(12-15-7-4-5-9-21-15)17-14(11-18)10-13-6-2-3-8-16(13)19-17/h2-3,6,8,10,15H,4-5,7,9,12H2,1H3. The Hall–Kier alpha value is -2.12. The highest BCUT2D eigenvalue weighted by Gasteiger charge is 2.18. The zero-order chi connectivity index (χ0) is 14.7. The normalized spacial score (nSPS) is 18.4. The van der Waals surface area contributed by atoms with E-state index in [9.17, 15) is 5.26 Å². The topological polar surface area (TPSA) is 49.1 Å². The van der Waals surface area contributed by atoms with Crippen LogP contribution in [0.3, 0.4) is 0 Å². The summed E-state index contributed by atoms with van der Waals surface area (Å²) >= 11 is 0. The van der Waals surface area contributed by atoms with Crippen LogP contribution in [0.1, 0.15) is 24.8 Å². The molecule has 0 spiro atoms. The minimum Gasteiger partial charge on any atom is -0.376 e. The summed E-state index contributed by atoms with van der Waals surface area (Å²) in [5.74, 6) is 0.741. The second kappa shape index (κ2) is 6.11. The average molecular weight is 281 g/mol. The Morgan fingerprint density at radius 1 is 1.38 bits per heavy atom. The van der Waals surface area contributed by atoms with E-state index in [-0.39, 0.29) is 6.10 Å². The minimum atomic E-state index is 0.239. The zero-order valence-electron chi connectivity index (χ0n) is 12.2. The van der Waals surface area contributed by atoms with E-state index >= 15 is 0 Å². The number of ether oxygens (including phenoxy) is 1. The van der Waals surface area contributed by atoms with E-state index in [0.29, 0.717) is 5.56 Å². The molecule has 0 aliphatic carbocycles. The molecule has 1 atom stereocenters. The van der Waals surface area contributed by atoms with E-state index < -0.39 is 0 Å². The lowest BCUT2D eigenvalue weighted by atomic mass is 10.1. The molecule has 2 heterocycles. The number of rotatable bonds is 3. The van der Waals surface area contributed by atoms with Gasteiger partial charge in [-0.25, -0.2) is 4.98 Å². The predicted molar refractivity (Wildman–Crippen MR) is 83.3 cm³/mol. The predicted octanol–water partition coefficient (Wildman–Crippen LogP) is 3.11. The Balaban J connectivity index is 1.89. The molecule has 0 saturated carbocycles. The average Bonchev–Trinajstić information content (AvgIpc) is 2.54. The number of para-hydroxylation sites is 1. The summed E-state index contributed by atoms with van der Waals surface area (Å²) < 4.78 is 5.78. The fraction of sp³-hybridized carbons (Fsp3) is 0.412. The fourth-order valence-electron chi connectivity index (χ4n) is 2.82. The first-order valence-electron chi connectivity index (χ1n) is 7.40. The van der Waals surface area contributed by atoms with E-state index in [0.717, 1.165) is 42.7 Å². The number of hydrogen-bond donors (Lipinski definition) is 0. The molecule has 3 rings (SSSR count). The molecule has 21 heavy (non-hydrogen) atoms. The van der Waals surface area contributed by atoms with Gasteiger partial charge < -0.3 is 9.64 Å². The van der Waals surface area contributed by atoms with Gasteiger partial charge in [-0.05, 0) is 31.4 Å². The zero-order valence-corrected chi connectivity index (χ0v) is 12.2. The van der Waals surface area contributed by atoms with Crippen molar-refractivity contribution in [3.05, 3.63) is 35.9 Å². The Bertz CT molecular complexity index is 671. The molecule has 1 aromatic carbocycles. The Kier molecular flexibility index (Phi) is 4.03. The Morgan fingerprint density at radius 3 is 3.00 bits per heavy atom. The highest BCUT2D eigenvalue weighted by atomic mass is 16.5. The number of nitriles is 1.